The van der Waals surface area contributed by atoms with Crippen LogP contribution >= 0.6 is 0 Å². The molecule has 0 amide bonds. The van der Waals surface area contributed by atoms with Crippen molar-refractivity contribution in [2.45, 2.75) is 27.2 Å². The normalized spacial score (nSPS) is 9.89. The van der Waals surface area contributed by atoms with Crippen LogP contribution in [-0.2, 0) is 4.74 Å². The lowest BCUT2D eigenvalue weighted by Gasteiger charge is -2.13. The second kappa shape index (κ2) is 10.3. The van der Waals surface area contributed by atoms with Crippen LogP contribution in [0.4, 0.5) is 15.8 Å². The highest BCUT2D eigenvalue weighted by Gasteiger charge is 2.13. The first-order valence-electron chi connectivity index (χ1n) is 9.30. The van der Waals surface area contributed by atoms with Crippen molar-refractivity contribution in [3.8, 4) is 11.1 Å². The predicted molar refractivity (Wildman–Crippen MR) is 114 cm³/mol. The molecule has 4 heteroatoms. The molecule has 3 aromatic carbocycles. The van der Waals surface area contributed by atoms with Gasteiger partial charge in [-0.15, -0.1) is 0 Å². The molecule has 3 rings (SSSR count). The number of carbonyl (C=O) groups is 1. The SMILES string of the molecule is CCC.COC(=O)c1ccc(-c2ccc(C)cc2)cc1Nc1ccc(F)cc1. The number of nitrogens with one attached hydrogen (secondary N) is 1. The number of hydrogen-bond acceptors (Lipinski definition) is 3. The van der Waals surface area contributed by atoms with Crippen molar-refractivity contribution in [1.29, 1.82) is 0 Å². The first kappa shape index (κ1) is 21.2. The molecule has 0 aliphatic heterocycles. The summed E-state index contributed by atoms with van der Waals surface area (Å²) < 4.78 is 18.0. The maximum Gasteiger partial charge on any atom is 0.339 e. The van der Waals surface area contributed by atoms with Crippen LogP contribution in [0.3, 0.4) is 0 Å². The van der Waals surface area contributed by atoms with E-state index in [2.05, 4.69) is 19.2 Å². The molecule has 0 saturated heterocycles. The van der Waals surface area contributed by atoms with Gasteiger partial charge in [-0.3, -0.25) is 0 Å². The van der Waals surface area contributed by atoms with Crippen LogP contribution in [0, 0.1) is 12.7 Å². The second-order valence-corrected chi connectivity index (χ2v) is 6.46. The van der Waals surface area contributed by atoms with Gasteiger partial charge in [0.2, 0.25) is 0 Å². The zero-order valence-corrected chi connectivity index (χ0v) is 16.8. The van der Waals surface area contributed by atoms with Crippen molar-refractivity contribution in [2.24, 2.45) is 0 Å². The highest BCUT2D eigenvalue weighted by molar-refractivity contribution is 5.97. The summed E-state index contributed by atoms with van der Waals surface area (Å²) >= 11 is 0. The van der Waals surface area contributed by atoms with Gasteiger partial charge in [-0.25, -0.2) is 9.18 Å². The highest BCUT2D eigenvalue weighted by Crippen LogP contribution is 2.29. The van der Waals surface area contributed by atoms with E-state index in [-0.39, 0.29) is 5.82 Å². The number of benzene rings is 3. The molecular weight excluding hydrogens is 353 g/mol. The number of halogens is 1. The van der Waals surface area contributed by atoms with E-state index in [0.29, 0.717) is 16.9 Å². The Morgan fingerprint density at radius 1 is 0.929 bits per heavy atom. The number of ether oxygens (including phenoxy) is 1. The van der Waals surface area contributed by atoms with Crippen LogP contribution in [0.1, 0.15) is 36.2 Å². The van der Waals surface area contributed by atoms with Crippen LogP contribution < -0.4 is 5.32 Å². The number of esters is 1. The van der Waals surface area contributed by atoms with Crippen molar-refractivity contribution in [3.63, 3.8) is 0 Å². The van der Waals surface area contributed by atoms with Gasteiger partial charge in [0.05, 0.1) is 18.4 Å². The van der Waals surface area contributed by atoms with E-state index in [0.717, 1.165) is 11.1 Å². The third-order valence-electron chi connectivity index (χ3n) is 3.93. The van der Waals surface area contributed by atoms with E-state index in [4.69, 9.17) is 4.74 Å². The summed E-state index contributed by atoms with van der Waals surface area (Å²) in [6, 6.07) is 19.6. The van der Waals surface area contributed by atoms with Crippen molar-refractivity contribution in [2.75, 3.05) is 12.4 Å². The fourth-order valence-corrected chi connectivity index (χ4v) is 2.55. The van der Waals surface area contributed by atoms with E-state index in [1.165, 1.54) is 31.2 Å². The zero-order chi connectivity index (χ0) is 20.5. The van der Waals surface area contributed by atoms with Crippen molar-refractivity contribution < 1.29 is 13.9 Å². The van der Waals surface area contributed by atoms with Crippen molar-refractivity contribution in [3.05, 3.63) is 83.7 Å². The summed E-state index contributed by atoms with van der Waals surface area (Å²) in [6.45, 7) is 6.28. The number of aryl methyl sites for hydroxylation is 1. The Hall–Kier alpha value is -3.14. The molecule has 0 saturated carbocycles. The average molecular weight is 379 g/mol. The minimum Gasteiger partial charge on any atom is -0.465 e. The number of hydrogen-bond donors (Lipinski definition) is 1. The molecule has 0 aliphatic carbocycles. The summed E-state index contributed by atoms with van der Waals surface area (Å²) in [5.41, 5.74) is 4.91. The second-order valence-electron chi connectivity index (χ2n) is 6.46. The summed E-state index contributed by atoms with van der Waals surface area (Å²) in [5, 5.41) is 3.17. The van der Waals surface area contributed by atoms with Crippen LogP contribution in [0.15, 0.2) is 66.7 Å². The molecule has 0 heterocycles. The van der Waals surface area contributed by atoms with Gasteiger partial charge < -0.3 is 10.1 Å². The third kappa shape index (κ3) is 5.68. The molecule has 0 spiro atoms. The lowest BCUT2D eigenvalue weighted by atomic mass is 10.0. The van der Waals surface area contributed by atoms with Crippen LogP contribution in [0.25, 0.3) is 11.1 Å². The Morgan fingerprint density at radius 3 is 2.07 bits per heavy atom. The Morgan fingerprint density at radius 2 is 1.50 bits per heavy atom. The standard InChI is InChI=1S/C21H18FNO2.C3H8/c1-14-3-5-15(6-4-14)16-7-12-19(21(24)25-2)20(13-16)23-18-10-8-17(22)9-11-18;1-3-2/h3-13,23H,1-2H3;3H2,1-2H3. The van der Waals surface area contributed by atoms with E-state index >= 15 is 0 Å². The molecule has 28 heavy (non-hydrogen) atoms. The Bertz CT molecular complexity index is 903. The third-order valence-corrected chi connectivity index (χ3v) is 3.93. The maximum absolute atomic E-state index is 13.1. The molecule has 1 N–H and O–H groups in total. The Balaban J connectivity index is 0.000000878. The number of rotatable bonds is 4. The van der Waals surface area contributed by atoms with Crippen molar-refractivity contribution >= 4 is 17.3 Å². The van der Waals surface area contributed by atoms with Gasteiger partial charge >= 0.3 is 5.97 Å². The Labute approximate surface area is 166 Å². The maximum atomic E-state index is 13.1. The summed E-state index contributed by atoms with van der Waals surface area (Å²) in [5.74, 6) is -0.743. The minimum atomic E-state index is -0.430. The number of anilines is 2. The quantitative estimate of drug-likeness (QED) is 0.510. The molecule has 0 fully saturated rings. The fourth-order valence-electron chi connectivity index (χ4n) is 2.55. The molecule has 146 valence electrons. The highest BCUT2D eigenvalue weighted by atomic mass is 19.1. The molecule has 0 unspecified atom stereocenters. The van der Waals surface area contributed by atoms with E-state index in [1.807, 2.05) is 43.3 Å². The van der Waals surface area contributed by atoms with Gasteiger partial charge in [0.15, 0.2) is 0 Å². The van der Waals surface area contributed by atoms with Gasteiger partial charge in [-0.2, -0.15) is 0 Å². The smallest absolute Gasteiger partial charge is 0.339 e. The predicted octanol–water partition coefficient (Wildman–Crippen LogP) is 6.75. The topological polar surface area (TPSA) is 38.3 Å². The van der Waals surface area contributed by atoms with E-state index in [1.54, 1.807) is 18.2 Å². The molecule has 3 aromatic rings. The first-order chi connectivity index (χ1) is 13.5. The number of carbonyl (C=O) groups excluding carboxylic acids is 1. The van der Waals surface area contributed by atoms with Gasteiger partial charge in [-0.1, -0.05) is 56.2 Å². The zero-order valence-electron chi connectivity index (χ0n) is 16.8. The van der Waals surface area contributed by atoms with Crippen molar-refractivity contribution in [1.82, 2.24) is 0 Å². The average Bonchev–Trinajstić information content (AvgIpc) is 2.70. The van der Waals surface area contributed by atoms with Gasteiger partial charge in [-0.05, 0) is 54.4 Å². The molecule has 0 aromatic heterocycles. The lowest BCUT2D eigenvalue weighted by Crippen LogP contribution is -2.06. The first-order valence-corrected chi connectivity index (χ1v) is 9.30. The van der Waals surface area contributed by atoms with E-state index < -0.39 is 5.97 Å². The monoisotopic (exact) mass is 379 g/mol. The molecular formula is C24H26FNO2. The fraction of sp³-hybridized carbons (Fsp3) is 0.208. The van der Waals surface area contributed by atoms with Crippen LogP contribution in [0.2, 0.25) is 0 Å². The van der Waals surface area contributed by atoms with Crippen LogP contribution in [-0.4, -0.2) is 13.1 Å². The summed E-state index contributed by atoms with van der Waals surface area (Å²) in [4.78, 5) is 12.0. The van der Waals surface area contributed by atoms with Gasteiger partial charge in [0.1, 0.15) is 5.82 Å². The Kier molecular flexibility index (Phi) is 7.76. The largest absolute Gasteiger partial charge is 0.465 e. The van der Waals surface area contributed by atoms with E-state index in [9.17, 15) is 9.18 Å². The molecule has 0 atom stereocenters. The molecule has 0 aliphatic rings. The summed E-state index contributed by atoms with van der Waals surface area (Å²) in [6.07, 6.45) is 1.25. The molecule has 0 radical (unpaired) electrons. The number of methoxy groups -OCH3 is 1. The molecule has 3 nitrogen and oxygen atoms in total. The summed E-state index contributed by atoms with van der Waals surface area (Å²) in [7, 11) is 1.35. The molecule has 0 bridgehead atoms. The van der Waals surface area contributed by atoms with Gasteiger partial charge in [0, 0.05) is 5.69 Å². The minimum absolute atomic E-state index is 0.313. The lowest BCUT2D eigenvalue weighted by molar-refractivity contribution is 0.0602. The van der Waals surface area contributed by atoms with Gasteiger partial charge in [0.25, 0.3) is 0 Å². The van der Waals surface area contributed by atoms with Crippen LogP contribution in [0.5, 0.6) is 0 Å².